The number of benzene rings is 1. The van der Waals surface area contributed by atoms with Crippen molar-refractivity contribution in [1.29, 1.82) is 0 Å². The molecule has 21 heavy (non-hydrogen) atoms. The number of amides is 2. The standard InChI is InChI=1S/C16H20N2O3/c19-15(20)11-5-7-18(8-6-11)16(21)17-14-9-12-3-1-2-4-13(12)10-14/h1-4,11,14H,5-10H2,(H,17,21)(H,19,20). The summed E-state index contributed by atoms with van der Waals surface area (Å²) in [5, 5.41) is 12.1. The van der Waals surface area contributed by atoms with E-state index in [1.165, 1.54) is 11.1 Å². The average Bonchev–Trinajstić information content (AvgIpc) is 2.89. The number of urea groups is 1. The molecule has 0 saturated carbocycles. The zero-order chi connectivity index (χ0) is 14.8. The van der Waals surface area contributed by atoms with Crippen molar-refractivity contribution in [2.24, 2.45) is 5.92 Å². The third kappa shape index (κ3) is 3.01. The lowest BCUT2D eigenvalue weighted by Crippen LogP contribution is -2.48. The van der Waals surface area contributed by atoms with Gasteiger partial charge in [-0.05, 0) is 36.8 Å². The number of nitrogens with zero attached hydrogens (tertiary/aromatic N) is 1. The van der Waals surface area contributed by atoms with Crippen molar-refractivity contribution in [2.45, 2.75) is 31.7 Å². The van der Waals surface area contributed by atoms with Gasteiger partial charge in [-0.1, -0.05) is 24.3 Å². The quantitative estimate of drug-likeness (QED) is 0.869. The number of hydrogen-bond donors (Lipinski definition) is 2. The zero-order valence-corrected chi connectivity index (χ0v) is 11.9. The molecule has 112 valence electrons. The van der Waals surface area contributed by atoms with Crippen molar-refractivity contribution >= 4 is 12.0 Å². The lowest BCUT2D eigenvalue weighted by molar-refractivity contribution is -0.143. The maximum Gasteiger partial charge on any atom is 0.317 e. The molecule has 2 N–H and O–H groups in total. The minimum absolute atomic E-state index is 0.0587. The smallest absolute Gasteiger partial charge is 0.317 e. The Bertz CT molecular complexity index is 525. The summed E-state index contributed by atoms with van der Waals surface area (Å²) in [6.45, 7) is 1.06. The van der Waals surface area contributed by atoms with E-state index in [1.807, 2.05) is 12.1 Å². The first-order valence-electron chi connectivity index (χ1n) is 7.48. The molecule has 0 radical (unpaired) electrons. The molecule has 1 saturated heterocycles. The van der Waals surface area contributed by atoms with Gasteiger partial charge in [0.2, 0.25) is 0 Å². The lowest BCUT2D eigenvalue weighted by atomic mass is 9.97. The highest BCUT2D eigenvalue weighted by atomic mass is 16.4. The number of nitrogens with one attached hydrogen (secondary N) is 1. The predicted octanol–water partition coefficient (Wildman–Crippen LogP) is 1.66. The van der Waals surface area contributed by atoms with Crippen LogP contribution in [-0.4, -0.2) is 41.1 Å². The van der Waals surface area contributed by atoms with Crippen molar-refractivity contribution in [1.82, 2.24) is 10.2 Å². The molecule has 1 aromatic rings. The number of carboxylic acid groups (broad SMARTS) is 1. The molecular formula is C16H20N2O3. The Morgan fingerprint density at radius 2 is 1.67 bits per heavy atom. The molecule has 5 heteroatoms. The molecule has 2 aliphatic rings. The van der Waals surface area contributed by atoms with Crippen molar-refractivity contribution < 1.29 is 14.7 Å². The third-order valence-electron chi connectivity index (χ3n) is 4.51. The second-order valence-corrected chi connectivity index (χ2v) is 5.92. The van der Waals surface area contributed by atoms with Crippen molar-refractivity contribution in [2.75, 3.05) is 13.1 Å². The molecule has 0 bridgehead atoms. The van der Waals surface area contributed by atoms with Crippen molar-refractivity contribution in [3.05, 3.63) is 35.4 Å². The van der Waals surface area contributed by atoms with Crippen molar-refractivity contribution in [3.8, 4) is 0 Å². The minimum Gasteiger partial charge on any atom is -0.481 e. The van der Waals surface area contributed by atoms with Gasteiger partial charge in [0.15, 0.2) is 0 Å². The highest BCUT2D eigenvalue weighted by Crippen LogP contribution is 2.22. The van der Waals surface area contributed by atoms with Crippen LogP contribution in [0.2, 0.25) is 0 Å². The molecule has 1 heterocycles. The van der Waals surface area contributed by atoms with E-state index < -0.39 is 5.97 Å². The molecule has 2 amide bonds. The monoisotopic (exact) mass is 288 g/mol. The van der Waals surface area contributed by atoms with Crippen LogP contribution >= 0.6 is 0 Å². The second-order valence-electron chi connectivity index (χ2n) is 5.92. The predicted molar refractivity (Wildman–Crippen MR) is 78.1 cm³/mol. The number of carboxylic acids is 1. The van der Waals surface area contributed by atoms with Crippen LogP contribution in [0.15, 0.2) is 24.3 Å². The van der Waals surface area contributed by atoms with Crippen LogP contribution in [0.5, 0.6) is 0 Å². The number of hydrogen-bond acceptors (Lipinski definition) is 2. The van der Waals surface area contributed by atoms with Gasteiger partial charge in [-0.25, -0.2) is 4.79 Å². The number of aliphatic carboxylic acids is 1. The maximum atomic E-state index is 12.2. The van der Waals surface area contributed by atoms with Crippen LogP contribution < -0.4 is 5.32 Å². The molecule has 3 rings (SSSR count). The number of carbonyl (C=O) groups excluding carboxylic acids is 1. The van der Waals surface area contributed by atoms with E-state index in [1.54, 1.807) is 4.90 Å². The molecule has 1 aliphatic carbocycles. The number of rotatable bonds is 2. The molecule has 5 nitrogen and oxygen atoms in total. The summed E-state index contributed by atoms with van der Waals surface area (Å²) in [4.78, 5) is 24.9. The fourth-order valence-corrected chi connectivity index (χ4v) is 3.26. The highest BCUT2D eigenvalue weighted by molar-refractivity contribution is 5.76. The van der Waals surface area contributed by atoms with E-state index in [0.29, 0.717) is 25.9 Å². The van der Waals surface area contributed by atoms with E-state index >= 15 is 0 Å². The summed E-state index contributed by atoms with van der Waals surface area (Å²) < 4.78 is 0. The Kier molecular flexibility index (Phi) is 3.82. The Morgan fingerprint density at radius 1 is 1.10 bits per heavy atom. The third-order valence-corrected chi connectivity index (χ3v) is 4.51. The average molecular weight is 288 g/mol. The summed E-state index contributed by atoms with van der Waals surface area (Å²) in [6.07, 6.45) is 2.86. The van der Waals surface area contributed by atoms with Crippen LogP contribution in [0.3, 0.4) is 0 Å². The molecule has 1 aliphatic heterocycles. The fourth-order valence-electron chi connectivity index (χ4n) is 3.26. The maximum absolute atomic E-state index is 12.2. The number of likely N-dealkylation sites (tertiary alicyclic amines) is 1. The molecule has 0 spiro atoms. The Hall–Kier alpha value is -2.04. The minimum atomic E-state index is -0.749. The summed E-state index contributed by atoms with van der Waals surface area (Å²) in [5.41, 5.74) is 2.62. The van der Waals surface area contributed by atoms with Gasteiger partial charge < -0.3 is 15.3 Å². The van der Waals surface area contributed by atoms with E-state index in [9.17, 15) is 9.59 Å². The van der Waals surface area contributed by atoms with Crippen LogP contribution in [0.25, 0.3) is 0 Å². The summed E-state index contributed by atoms with van der Waals surface area (Å²) in [5.74, 6) is -1.05. The van der Waals surface area contributed by atoms with E-state index in [4.69, 9.17) is 5.11 Å². The van der Waals surface area contributed by atoms with Gasteiger partial charge in [-0.2, -0.15) is 0 Å². The highest BCUT2D eigenvalue weighted by Gasteiger charge is 2.29. The second kappa shape index (κ2) is 5.76. The molecule has 0 atom stereocenters. The van der Waals surface area contributed by atoms with E-state index in [0.717, 1.165) is 12.8 Å². The molecule has 0 unspecified atom stereocenters. The van der Waals surface area contributed by atoms with Crippen LogP contribution in [0.1, 0.15) is 24.0 Å². The van der Waals surface area contributed by atoms with Gasteiger partial charge in [-0.15, -0.1) is 0 Å². The van der Waals surface area contributed by atoms with E-state index in [2.05, 4.69) is 17.4 Å². The summed E-state index contributed by atoms with van der Waals surface area (Å²) >= 11 is 0. The molecule has 1 fully saturated rings. The summed E-state index contributed by atoms with van der Waals surface area (Å²) in [7, 11) is 0. The number of carbonyl (C=O) groups is 2. The zero-order valence-electron chi connectivity index (χ0n) is 11.9. The van der Waals surface area contributed by atoms with Gasteiger partial charge in [0.05, 0.1) is 5.92 Å². The molecular weight excluding hydrogens is 268 g/mol. The molecule has 0 aromatic heterocycles. The van der Waals surface area contributed by atoms with Gasteiger partial charge in [0.1, 0.15) is 0 Å². The fraction of sp³-hybridized carbons (Fsp3) is 0.500. The van der Waals surface area contributed by atoms with E-state index in [-0.39, 0.29) is 18.0 Å². The molecule has 1 aromatic carbocycles. The first-order valence-corrected chi connectivity index (χ1v) is 7.48. The summed E-state index contributed by atoms with van der Waals surface area (Å²) in [6, 6.07) is 8.38. The van der Waals surface area contributed by atoms with Gasteiger partial charge >= 0.3 is 12.0 Å². The first-order chi connectivity index (χ1) is 10.1. The number of piperidine rings is 1. The van der Waals surface area contributed by atoms with Crippen LogP contribution in [0, 0.1) is 5.92 Å². The Balaban J connectivity index is 1.51. The first kappa shape index (κ1) is 13.9. The van der Waals surface area contributed by atoms with Gasteiger partial charge in [0, 0.05) is 19.1 Å². The Labute approximate surface area is 123 Å². The Morgan fingerprint density at radius 3 is 2.19 bits per heavy atom. The van der Waals surface area contributed by atoms with Crippen LogP contribution in [0.4, 0.5) is 4.79 Å². The number of fused-ring (bicyclic) bond motifs is 1. The topological polar surface area (TPSA) is 69.6 Å². The van der Waals surface area contributed by atoms with Crippen LogP contribution in [-0.2, 0) is 17.6 Å². The lowest BCUT2D eigenvalue weighted by Gasteiger charge is -2.31. The SMILES string of the molecule is O=C(O)C1CCN(C(=O)NC2Cc3ccccc3C2)CC1. The van der Waals surface area contributed by atoms with Crippen molar-refractivity contribution in [3.63, 3.8) is 0 Å². The normalized spacial score (nSPS) is 19.3. The largest absolute Gasteiger partial charge is 0.481 e. The van der Waals surface area contributed by atoms with Gasteiger partial charge in [-0.3, -0.25) is 4.79 Å². The van der Waals surface area contributed by atoms with Gasteiger partial charge in [0.25, 0.3) is 0 Å².